The molecule has 412 valence electrons. The van der Waals surface area contributed by atoms with Crippen LogP contribution in [0.25, 0.3) is 0 Å². The molecule has 1 saturated heterocycles. The van der Waals surface area contributed by atoms with Gasteiger partial charge in [0.1, 0.15) is 18.8 Å². The molecule has 0 radical (unpaired) electrons. The van der Waals surface area contributed by atoms with Gasteiger partial charge in [-0.25, -0.2) is 4.79 Å². The highest BCUT2D eigenvalue weighted by Crippen LogP contribution is 2.26. The average Bonchev–Trinajstić information content (AvgIpc) is 3.37. The lowest BCUT2D eigenvalue weighted by Gasteiger charge is -2.40. The molecule has 1 rings (SSSR count). The minimum Gasteiger partial charge on any atom is -0.479 e. The number of allylic oxidation sites excluding steroid dienone is 18. The fourth-order valence-electron chi connectivity index (χ4n) is 7.61. The van der Waals surface area contributed by atoms with Crippen LogP contribution in [-0.2, 0) is 42.9 Å². The van der Waals surface area contributed by atoms with Crippen molar-refractivity contribution in [3.63, 3.8) is 0 Å². The molecule has 1 aliphatic heterocycles. The Balaban J connectivity index is 2.76. The Bertz CT molecular complexity index is 1690. The van der Waals surface area contributed by atoms with Crippen LogP contribution in [0.1, 0.15) is 201 Å². The van der Waals surface area contributed by atoms with Crippen LogP contribution in [0, 0.1) is 0 Å². The van der Waals surface area contributed by atoms with E-state index in [-0.39, 0.29) is 25.9 Å². The molecule has 0 aliphatic carbocycles. The van der Waals surface area contributed by atoms with E-state index in [1.165, 1.54) is 6.42 Å². The van der Waals surface area contributed by atoms with E-state index in [1.807, 2.05) is 18.2 Å². The molecule has 0 bridgehead atoms. The zero-order valence-electron chi connectivity index (χ0n) is 45.1. The molecule has 0 aromatic carbocycles. The molecule has 0 spiro atoms. The fraction of sp³-hybridized carbons (Fsp3) is 0.639. The summed E-state index contributed by atoms with van der Waals surface area (Å²) in [6, 6.07) is 0. The van der Waals surface area contributed by atoms with Gasteiger partial charge in [0.05, 0.1) is 6.61 Å². The number of rotatable bonds is 45. The molecule has 0 saturated carbocycles. The Hall–Kier alpha value is -4.62. The first kappa shape index (κ1) is 66.4. The average molecular weight is 1020 g/mol. The molecule has 12 heteroatoms. The first-order chi connectivity index (χ1) is 35.6. The standard InChI is InChI=1S/C61H96O12/c1-4-7-10-13-16-19-22-25-26-27-28-31-32-35-38-41-44-47-53(62)69-50-52(71-54(63)48-45-42-39-36-33-29-23-20-17-14-11-8-5-2)51-70-61-59(57(66)56(65)58(73-61)60(67)68)72-55(64)49-46-43-40-37-34-30-24-21-18-15-12-9-6-3/h7,9-12,14,16,18-21,23,25-26,30,34,40,43,52,56-59,61,65-66H,4-6,8,13,15,17,22,24,27-29,31-33,35-39,41-42,44-51H2,1-3H3,(H,67,68)/b10-7-,12-9-,14-11-,19-16-,21-18-,23-20-,26-25-,34-30-,43-40-. The summed E-state index contributed by atoms with van der Waals surface area (Å²) in [5, 5.41) is 31.4. The van der Waals surface area contributed by atoms with E-state index in [0.29, 0.717) is 25.7 Å². The first-order valence-electron chi connectivity index (χ1n) is 27.9. The summed E-state index contributed by atoms with van der Waals surface area (Å²) < 4.78 is 28.2. The van der Waals surface area contributed by atoms with Crippen molar-refractivity contribution < 1.29 is 58.2 Å². The van der Waals surface area contributed by atoms with Gasteiger partial charge < -0.3 is 39.0 Å². The van der Waals surface area contributed by atoms with E-state index in [1.54, 1.807) is 0 Å². The molecule has 0 aromatic heterocycles. The number of aliphatic hydroxyl groups is 2. The topological polar surface area (TPSA) is 175 Å². The largest absolute Gasteiger partial charge is 0.479 e. The summed E-state index contributed by atoms with van der Waals surface area (Å²) in [6.45, 7) is 5.62. The highest BCUT2D eigenvalue weighted by Gasteiger charge is 2.50. The molecular formula is C61H96O12. The molecule has 73 heavy (non-hydrogen) atoms. The fourth-order valence-corrected chi connectivity index (χ4v) is 7.61. The van der Waals surface area contributed by atoms with Crippen LogP contribution in [-0.4, -0.2) is 89.2 Å². The Kier molecular flexibility index (Phi) is 44.0. The van der Waals surface area contributed by atoms with Crippen molar-refractivity contribution in [2.75, 3.05) is 13.2 Å². The molecule has 1 aliphatic rings. The van der Waals surface area contributed by atoms with Gasteiger partial charge in [0.15, 0.2) is 24.6 Å². The number of unbranched alkanes of at least 4 members (excludes halogenated alkanes) is 13. The lowest BCUT2D eigenvalue weighted by atomic mass is 9.98. The molecule has 1 fully saturated rings. The molecule has 12 nitrogen and oxygen atoms in total. The van der Waals surface area contributed by atoms with Crippen LogP contribution in [0.4, 0.5) is 0 Å². The van der Waals surface area contributed by atoms with Gasteiger partial charge in [-0.15, -0.1) is 0 Å². The zero-order chi connectivity index (χ0) is 53.3. The van der Waals surface area contributed by atoms with E-state index in [2.05, 4.69) is 112 Å². The summed E-state index contributed by atoms with van der Waals surface area (Å²) in [7, 11) is 0. The van der Waals surface area contributed by atoms with Crippen molar-refractivity contribution >= 4 is 23.9 Å². The Morgan fingerprint density at radius 2 is 0.890 bits per heavy atom. The second-order valence-electron chi connectivity index (χ2n) is 18.4. The van der Waals surface area contributed by atoms with Gasteiger partial charge in [-0.3, -0.25) is 14.4 Å². The lowest BCUT2D eigenvalue weighted by Crippen LogP contribution is -2.61. The number of esters is 3. The number of aliphatic carboxylic acids is 1. The number of ether oxygens (including phenoxy) is 5. The van der Waals surface area contributed by atoms with Gasteiger partial charge in [0.2, 0.25) is 0 Å². The van der Waals surface area contributed by atoms with Crippen molar-refractivity contribution in [3.05, 3.63) is 109 Å². The van der Waals surface area contributed by atoms with Crippen molar-refractivity contribution in [2.45, 2.75) is 237 Å². The van der Waals surface area contributed by atoms with Crippen LogP contribution in [0.2, 0.25) is 0 Å². The second-order valence-corrected chi connectivity index (χ2v) is 18.4. The van der Waals surface area contributed by atoms with Crippen molar-refractivity contribution in [1.82, 2.24) is 0 Å². The zero-order valence-corrected chi connectivity index (χ0v) is 45.1. The highest BCUT2D eigenvalue weighted by atomic mass is 16.7. The van der Waals surface area contributed by atoms with Crippen LogP contribution < -0.4 is 0 Å². The number of carboxylic acids is 1. The highest BCUT2D eigenvalue weighted by molar-refractivity contribution is 5.74. The third kappa shape index (κ3) is 38.6. The van der Waals surface area contributed by atoms with Crippen LogP contribution in [0.3, 0.4) is 0 Å². The number of aliphatic hydroxyl groups excluding tert-OH is 2. The maximum absolute atomic E-state index is 13.1. The Labute approximate surface area is 440 Å². The minimum atomic E-state index is -1.93. The van der Waals surface area contributed by atoms with Gasteiger partial charge in [0.25, 0.3) is 0 Å². The van der Waals surface area contributed by atoms with Crippen molar-refractivity contribution in [2.24, 2.45) is 0 Å². The first-order valence-corrected chi connectivity index (χ1v) is 27.9. The summed E-state index contributed by atoms with van der Waals surface area (Å²) in [5.41, 5.74) is 0. The number of hydrogen-bond acceptors (Lipinski definition) is 11. The summed E-state index contributed by atoms with van der Waals surface area (Å²) in [6.07, 6.45) is 52.3. The molecule has 3 N–H and O–H groups in total. The second kappa shape index (κ2) is 48.3. The van der Waals surface area contributed by atoms with Crippen molar-refractivity contribution in [3.8, 4) is 0 Å². The summed E-state index contributed by atoms with van der Waals surface area (Å²) >= 11 is 0. The molecular weight excluding hydrogens is 925 g/mol. The van der Waals surface area contributed by atoms with E-state index in [0.717, 1.165) is 128 Å². The van der Waals surface area contributed by atoms with Gasteiger partial charge in [0, 0.05) is 19.3 Å². The van der Waals surface area contributed by atoms with E-state index in [4.69, 9.17) is 23.7 Å². The van der Waals surface area contributed by atoms with Crippen LogP contribution in [0.5, 0.6) is 0 Å². The Morgan fingerprint density at radius 1 is 0.466 bits per heavy atom. The minimum absolute atomic E-state index is 0.0683. The monoisotopic (exact) mass is 1020 g/mol. The maximum Gasteiger partial charge on any atom is 0.335 e. The van der Waals surface area contributed by atoms with Gasteiger partial charge in [-0.2, -0.15) is 0 Å². The predicted octanol–water partition coefficient (Wildman–Crippen LogP) is 13.9. The molecule has 6 atom stereocenters. The third-order valence-electron chi connectivity index (χ3n) is 11.8. The van der Waals surface area contributed by atoms with Crippen molar-refractivity contribution in [1.29, 1.82) is 0 Å². The predicted molar refractivity (Wildman–Crippen MR) is 294 cm³/mol. The SMILES string of the molecule is CC/C=C\C/C=C\C/C=C\C/C=C\CCC(=O)OC1C(OCC(COC(=O)CCCCCCCCC/C=C\C/C=C\C/C=C\CC)OC(=O)CCCCCCC/C=C\C/C=C\CCC)OC(C(=O)O)C(O)C1O. The molecule has 0 amide bonds. The molecule has 1 heterocycles. The maximum atomic E-state index is 13.1. The summed E-state index contributed by atoms with van der Waals surface area (Å²) in [5.74, 6) is -3.27. The van der Waals surface area contributed by atoms with Gasteiger partial charge in [-0.1, -0.05) is 188 Å². The van der Waals surface area contributed by atoms with E-state index in [9.17, 15) is 34.5 Å². The third-order valence-corrected chi connectivity index (χ3v) is 11.8. The summed E-state index contributed by atoms with van der Waals surface area (Å²) in [4.78, 5) is 51.0. The number of hydrogen-bond donors (Lipinski definition) is 3. The molecule has 6 unspecified atom stereocenters. The quantitative estimate of drug-likeness (QED) is 0.0228. The number of carbonyl (C=O) groups excluding carboxylic acids is 3. The smallest absolute Gasteiger partial charge is 0.335 e. The van der Waals surface area contributed by atoms with Crippen LogP contribution >= 0.6 is 0 Å². The number of carbonyl (C=O) groups is 4. The van der Waals surface area contributed by atoms with Crippen LogP contribution in [0.15, 0.2) is 109 Å². The molecule has 0 aromatic rings. The van der Waals surface area contributed by atoms with Gasteiger partial charge in [-0.05, 0) is 103 Å². The van der Waals surface area contributed by atoms with Gasteiger partial charge >= 0.3 is 23.9 Å². The Morgan fingerprint density at radius 3 is 1.37 bits per heavy atom. The normalized spacial score (nSPS) is 19.2. The number of carboxylic acid groups (broad SMARTS) is 1. The van der Waals surface area contributed by atoms with E-state index < -0.39 is 67.3 Å². The lowest BCUT2D eigenvalue weighted by molar-refractivity contribution is -0.301. The van der Waals surface area contributed by atoms with E-state index >= 15 is 0 Å².